The van der Waals surface area contributed by atoms with Crippen LogP contribution in [0.25, 0.3) is 0 Å². The molecule has 1 aromatic heterocycles. The molecule has 0 aromatic carbocycles. The van der Waals surface area contributed by atoms with Crippen molar-refractivity contribution in [2.75, 3.05) is 11.1 Å². The number of aromatic nitrogens is 3. The van der Waals surface area contributed by atoms with Crippen LogP contribution in [-0.4, -0.2) is 27.0 Å². The van der Waals surface area contributed by atoms with Gasteiger partial charge in [0, 0.05) is 6.42 Å². The first kappa shape index (κ1) is 11.5. The van der Waals surface area contributed by atoms with Crippen molar-refractivity contribution in [1.82, 2.24) is 15.2 Å². The van der Waals surface area contributed by atoms with E-state index >= 15 is 0 Å². The van der Waals surface area contributed by atoms with Crippen molar-refractivity contribution in [2.45, 2.75) is 33.2 Å². The number of nitrogens with two attached hydrogens (primary N) is 1. The molecule has 0 radical (unpaired) electrons. The Morgan fingerprint density at radius 2 is 2.27 bits per heavy atom. The number of nitrogens with zero attached hydrogens (tertiary/aromatic N) is 2. The molecule has 1 atom stereocenters. The van der Waals surface area contributed by atoms with Crippen LogP contribution in [0.5, 0.6) is 0 Å². The quantitative estimate of drug-likeness (QED) is 0.669. The summed E-state index contributed by atoms with van der Waals surface area (Å²) in [6, 6.07) is -0.259. The molecule has 1 aromatic rings. The SMILES string of the molecule is CCC(=O)[C@@H](Nc1n[nH]c(N)n1)C(C)C. The number of nitrogen functional groups attached to an aromatic ring is 1. The van der Waals surface area contributed by atoms with E-state index in [1.807, 2.05) is 20.8 Å². The highest BCUT2D eigenvalue weighted by atomic mass is 16.1. The van der Waals surface area contributed by atoms with Crippen LogP contribution in [0.4, 0.5) is 11.9 Å². The van der Waals surface area contributed by atoms with Crippen LogP contribution in [-0.2, 0) is 4.79 Å². The maximum absolute atomic E-state index is 11.6. The third-order valence-electron chi connectivity index (χ3n) is 2.15. The van der Waals surface area contributed by atoms with E-state index in [2.05, 4.69) is 20.5 Å². The molecule has 0 aliphatic rings. The molecule has 0 amide bonds. The van der Waals surface area contributed by atoms with Gasteiger partial charge in [0.15, 0.2) is 5.78 Å². The molecule has 0 aliphatic carbocycles. The fourth-order valence-electron chi connectivity index (χ4n) is 1.32. The number of hydrogen-bond acceptors (Lipinski definition) is 5. The molecule has 15 heavy (non-hydrogen) atoms. The van der Waals surface area contributed by atoms with Crippen LogP contribution >= 0.6 is 0 Å². The number of rotatable bonds is 5. The maximum Gasteiger partial charge on any atom is 0.244 e. The van der Waals surface area contributed by atoms with Crippen LogP contribution in [0.15, 0.2) is 0 Å². The number of hydrogen-bond donors (Lipinski definition) is 3. The highest BCUT2D eigenvalue weighted by molar-refractivity contribution is 5.86. The van der Waals surface area contributed by atoms with Crippen molar-refractivity contribution in [2.24, 2.45) is 5.92 Å². The summed E-state index contributed by atoms with van der Waals surface area (Å²) in [6.45, 7) is 5.79. The highest BCUT2D eigenvalue weighted by Gasteiger charge is 2.21. The van der Waals surface area contributed by atoms with Gasteiger partial charge in [-0.25, -0.2) is 5.10 Å². The van der Waals surface area contributed by atoms with E-state index in [0.717, 1.165) is 0 Å². The molecular weight excluding hydrogens is 194 g/mol. The second kappa shape index (κ2) is 4.77. The minimum absolute atomic E-state index is 0.147. The summed E-state index contributed by atoms with van der Waals surface area (Å²) in [5, 5.41) is 9.31. The summed E-state index contributed by atoms with van der Waals surface area (Å²) in [6.07, 6.45) is 0.496. The Morgan fingerprint density at radius 3 is 2.67 bits per heavy atom. The number of carbonyl (C=O) groups is 1. The van der Waals surface area contributed by atoms with E-state index in [-0.39, 0.29) is 23.7 Å². The lowest BCUT2D eigenvalue weighted by Crippen LogP contribution is -2.34. The Hall–Kier alpha value is -1.59. The molecule has 0 unspecified atom stereocenters. The summed E-state index contributed by atoms with van der Waals surface area (Å²) in [5.74, 6) is 0.947. The van der Waals surface area contributed by atoms with E-state index in [4.69, 9.17) is 5.73 Å². The number of H-pyrrole nitrogens is 1. The van der Waals surface area contributed by atoms with Gasteiger partial charge in [-0.3, -0.25) is 4.79 Å². The largest absolute Gasteiger partial charge is 0.368 e. The average molecular weight is 211 g/mol. The average Bonchev–Trinajstić information content (AvgIpc) is 2.59. The number of anilines is 2. The van der Waals surface area contributed by atoms with E-state index in [1.165, 1.54) is 0 Å². The first-order chi connectivity index (χ1) is 7.04. The number of nitrogens with one attached hydrogen (secondary N) is 2. The number of Topliss-reactive ketones (excluding diaryl/α,β-unsaturated/α-hetero) is 1. The fraction of sp³-hybridized carbons (Fsp3) is 0.667. The smallest absolute Gasteiger partial charge is 0.244 e. The minimum Gasteiger partial charge on any atom is -0.368 e. The monoisotopic (exact) mass is 211 g/mol. The van der Waals surface area contributed by atoms with Gasteiger partial charge in [-0.05, 0) is 5.92 Å². The van der Waals surface area contributed by atoms with Crippen LogP contribution in [0, 0.1) is 5.92 Å². The molecule has 1 heterocycles. The molecule has 0 saturated carbocycles. The lowest BCUT2D eigenvalue weighted by molar-refractivity contribution is -0.120. The zero-order valence-electron chi connectivity index (χ0n) is 9.24. The second-order valence-corrected chi connectivity index (χ2v) is 3.73. The topological polar surface area (TPSA) is 96.7 Å². The normalized spacial score (nSPS) is 12.8. The van der Waals surface area contributed by atoms with Crippen molar-refractivity contribution in [3.05, 3.63) is 0 Å². The summed E-state index contributed by atoms with van der Waals surface area (Å²) < 4.78 is 0. The molecule has 0 aliphatic heterocycles. The van der Waals surface area contributed by atoms with Crippen molar-refractivity contribution >= 4 is 17.7 Å². The standard InChI is InChI=1S/C9H17N5O/c1-4-6(15)7(5(2)3)11-9-12-8(10)13-14-9/h5,7H,4H2,1-3H3,(H4,10,11,12,13,14)/t7-/m0/s1. The van der Waals surface area contributed by atoms with Gasteiger partial charge in [0.05, 0.1) is 6.04 Å². The van der Waals surface area contributed by atoms with Crippen LogP contribution in [0.1, 0.15) is 27.2 Å². The maximum atomic E-state index is 11.6. The predicted molar refractivity (Wildman–Crippen MR) is 58.3 cm³/mol. The lowest BCUT2D eigenvalue weighted by atomic mass is 9.99. The third-order valence-corrected chi connectivity index (χ3v) is 2.15. The molecule has 0 saturated heterocycles. The zero-order chi connectivity index (χ0) is 11.4. The van der Waals surface area contributed by atoms with Gasteiger partial charge >= 0.3 is 0 Å². The van der Waals surface area contributed by atoms with Gasteiger partial charge in [-0.2, -0.15) is 4.98 Å². The van der Waals surface area contributed by atoms with Crippen LogP contribution in [0.3, 0.4) is 0 Å². The molecule has 1 rings (SSSR count). The Bertz CT molecular complexity index is 333. The second-order valence-electron chi connectivity index (χ2n) is 3.73. The Kier molecular flexibility index (Phi) is 3.65. The van der Waals surface area contributed by atoms with Crippen LogP contribution < -0.4 is 11.1 Å². The van der Waals surface area contributed by atoms with E-state index in [1.54, 1.807) is 0 Å². The van der Waals surface area contributed by atoms with Gasteiger partial charge in [-0.1, -0.05) is 20.8 Å². The molecule has 0 spiro atoms. The van der Waals surface area contributed by atoms with Crippen molar-refractivity contribution in [1.29, 1.82) is 0 Å². The van der Waals surface area contributed by atoms with Crippen molar-refractivity contribution in [3.8, 4) is 0 Å². The number of aromatic amines is 1. The molecule has 4 N–H and O–H groups in total. The van der Waals surface area contributed by atoms with Gasteiger partial charge in [0.2, 0.25) is 11.9 Å². The van der Waals surface area contributed by atoms with Crippen LogP contribution in [0.2, 0.25) is 0 Å². The van der Waals surface area contributed by atoms with Crippen molar-refractivity contribution < 1.29 is 4.79 Å². The zero-order valence-corrected chi connectivity index (χ0v) is 9.24. The predicted octanol–water partition coefficient (Wildman–Crippen LogP) is 0.802. The third kappa shape index (κ3) is 2.93. The molecule has 0 fully saturated rings. The Balaban J connectivity index is 2.71. The van der Waals surface area contributed by atoms with Gasteiger partial charge in [-0.15, -0.1) is 5.10 Å². The lowest BCUT2D eigenvalue weighted by Gasteiger charge is -2.19. The molecule has 84 valence electrons. The highest BCUT2D eigenvalue weighted by Crippen LogP contribution is 2.11. The fourth-order valence-corrected chi connectivity index (χ4v) is 1.32. The van der Waals surface area contributed by atoms with Gasteiger partial charge < -0.3 is 11.1 Å². The van der Waals surface area contributed by atoms with E-state index in [0.29, 0.717) is 12.4 Å². The summed E-state index contributed by atoms with van der Waals surface area (Å²) >= 11 is 0. The molecule has 0 bridgehead atoms. The van der Waals surface area contributed by atoms with Gasteiger partial charge in [0.25, 0.3) is 0 Å². The van der Waals surface area contributed by atoms with E-state index in [9.17, 15) is 4.79 Å². The van der Waals surface area contributed by atoms with Gasteiger partial charge in [0.1, 0.15) is 0 Å². The first-order valence-corrected chi connectivity index (χ1v) is 5.01. The molecular formula is C9H17N5O. The molecule has 6 heteroatoms. The Labute approximate surface area is 88.7 Å². The minimum atomic E-state index is -0.259. The van der Waals surface area contributed by atoms with Crippen molar-refractivity contribution in [3.63, 3.8) is 0 Å². The Morgan fingerprint density at radius 1 is 1.60 bits per heavy atom. The summed E-state index contributed by atoms with van der Waals surface area (Å²) in [7, 11) is 0. The molecule has 6 nitrogen and oxygen atoms in total. The summed E-state index contributed by atoms with van der Waals surface area (Å²) in [4.78, 5) is 15.5. The number of ketones is 1. The van der Waals surface area contributed by atoms with E-state index < -0.39 is 0 Å². The number of carbonyl (C=O) groups excluding carboxylic acids is 1. The summed E-state index contributed by atoms with van der Waals surface area (Å²) in [5.41, 5.74) is 5.38. The first-order valence-electron chi connectivity index (χ1n) is 5.01.